The van der Waals surface area contributed by atoms with Gasteiger partial charge in [-0.1, -0.05) is 31.2 Å². The highest BCUT2D eigenvalue weighted by Gasteiger charge is 2.25. The molecule has 1 rings (SSSR count). The highest BCUT2D eigenvalue weighted by molar-refractivity contribution is 5.85. The first kappa shape index (κ1) is 19.4. The van der Waals surface area contributed by atoms with E-state index < -0.39 is 11.6 Å². The topological polar surface area (TPSA) is 55.8 Å². The molecule has 0 heterocycles. The summed E-state index contributed by atoms with van der Waals surface area (Å²) >= 11 is 0. The molecule has 0 spiro atoms. The largest absolute Gasteiger partial charge is 0.478 e. The molecule has 0 aromatic heterocycles. The fraction of sp³-hybridized carbons (Fsp3) is 0.526. The molecular formula is C19H28O4. The summed E-state index contributed by atoms with van der Waals surface area (Å²) in [6, 6.07) is 7.73. The van der Waals surface area contributed by atoms with Gasteiger partial charge in [0.15, 0.2) is 0 Å². The van der Waals surface area contributed by atoms with Crippen LogP contribution in [0, 0.1) is 0 Å². The van der Waals surface area contributed by atoms with E-state index in [1.165, 1.54) is 0 Å². The smallest absolute Gasteiger partial charge is 0.328 e. The van der Waals surface area contributed by atoms with Crippen molar-refractivity contribution < 1.29 is 19.4 Å². The monoisotopic (exact) mass is 320 g/mol. The second kappa shape index (κ2) is 8.27. The first-order valence-corrected chi connectivity index (χ1v) is 7.93. The molecule has 0 saturated heterocycles. The van der Waals surface area contributed by atoms with Crippen molar-refractivity contribution in [1.29, 1.82) is 0 Å². The zero-order valence-corrected chi connectivity index (χ0v) is 14.8. The Bertz CT molecular complexity index is 525. The van der Waals surface area contributed by atoms with E-state index in [1.54, 1.807) is 13.2 Å². The van der Waals surface area contributed by atoms with Gasteiger partial charge in [-0.15, -0.1) is 0 Å². The second-order valence-electron chi connectivity index (χ2n) is 6.41. The number of aliphatic carboxylic acids is 1. The summed E-state index contributed by atoms with van der Waals surface area (Å²) in [6.07, 6.45) is 4.49. The van der Waals surface area contributed by atoms with Crippen molar-refractivity contribution in [1.82, 2.24) is 0 Å². The number of hydrogen-bond acceptors (Lipinski definition) is 3. The average Bonchev–Trinajstić information content (AvgIpc) is 2.53. The number of carbonyl (C=O) groups is 1. The molecular weight excluding hydrogens is 292 g/mol. The van der Waals surface area contributed by atoms with E-state index in [2.05, 4.69) is 13.8 Å². The van der Waals surface area contributed by atoms with Gasteiger partial charge in [0.25, 0.3) is 0 Å². The maximum atomic E-state index is 10.5. The molecule has 1 aromatic carbocycles. The van der Waals surface area contributed by atoms with Crippen LogP contribution in [0.1, 0.15) is 51.7 Å². The SMILES string of the molecule is CCC(C)(CCOC(C)(C)c1ccc(/C=C/C(=O)O)cc1)OC. The van der Waals surface area contributed by atoms with Gasteiger partial charge in [0, 0.05) is 13.2 Å². The van der Waals surface area contributed by atoms with Crippen LogP contribution in [0.15, 0.2) is 30.3 Å². The Morgan fingerprint density at radius 3 is 2.30 bits per heavy atom. The summed E-state index contributed by atoms with van der Waals surface area (Å²) in [6.45, 7) is 8.88. The molecule has 128 valence electrons. The molecule has 23 heavy (non-hydrogen) atoms. The zero-order chi connectivity index (χ0) is 17.5. The highest BCUT2D eigenvalue weighted by Crippen LogP contribution is 2.27. The van der Waals surface area contributed by atoms with Crippen LogP contribution < -0.4 is 0 Å². The van der Waals surface area contributed by atoms with Gasteiger partial charge < -0.3 is 14.6 Å². The third kappa shape index (κ3) is 6.16. The van der Waals surface area contributed by atoms with Gasteiger partial charge >= 0.3 is 5.97 Å². The number of benzene rings is 1. The number of carboxylic acid groups (broad SMARTS) is 1. The van der Waals surface area contributed by atoms with Crippen LogP contribution in [-0.4, -0.2) is 30.4 Å². The maximum Gasteiger partial charge on any atom is 0.328 e. The van der Waals surface area contributed by atoms with Gasteiger partial charge in [0.1, 0.15) is 0 Å². The van der Waals surface area contributed by atoms with Crippen molar-refractivity contribution in [2.75, 3.05) is 13.7 Å². The van der Waals surface area contributed by atoms with Crippen molar-refractivity contribution in [3.05, 3.63) is 41.5 Å². The predicted octanol–water partition coefficient (Wildman–Crippen LogP) is 4.24. The van der Waals surface area contributed by atoms with Crippen molar-refractivity contribution in [3.8, 4) is 0 Å². The summed E-state index contributed by atoms with van der Waals surface area (Å²) < 4.78 is 11.6. The summed E-state index contributed by atoms with van der Waals surface area (Å²) in [5.41, 5.74) is 1.35. The van der Waals surface area contributed by atoms with Crippen LogP contribution in [-0.2, 0) is 19.9 Å². The Hall–Kier alpha value is -1.65. The summed E-state index contributed by atoms with van der Waals surface area (Å²) in [4.78, 5) is 10.5. The Morgan fingerprint density at radius 1 is 1.22 bits per heavy atom. The lowest BCUT2D eigenvalue weighted by Gasteiger charge is -2.31. The zero-order valence-electron chi connectivity index (χ0n) is 14.8. The summed E-state index contributed by atoms with van der Waals surface area (Å²) in [7, 11) is 1.73. The van der Waals surface area contributed by atoms with Crippen molar-refractivity contribution >= 4 is 12.0 Å². The maximum absolute atomic E-state index is 10.5. The number of methoxy groups -OCH3 is 1. The molecule has 4 nitrogen and oxygen atoms in total. The van der Waals surface area contributed by atoms with Gasteiger partial charge in [-0.2, -0.15) is 0 Å². The number of carboxylic acids is 1. The van der Waals surface area contributed by atoms with E-state index in [1.807, 2.05) is 38.1 Å². The van der Waals surface area contributed by atoms with Crippen LogP contribution in [0.3, 0.4) is 0 Å². The lowest BCUT2D eigenvalue weighted by molar-refractivity contribution is -0.131. The van der Waals surface area contributed by atoms with Gasteiger partial charge in [-0.3, -0.25) is 0 Å². The molecule has 0 aliphatic rings. The normalized spacial score (nSPS) is 14.8. The molecule has 0 saturated carbocycles. The Balaban J connectivity index is 2.67. The molecule has 0 bridgehead atoms. The first-order chi connectivity index (χ1) is 10.7. The van der Waals surface area contributed by atoms with Gasteiger partial charge in [0.2, 0.25) is 0 Å². The van der Waals surface area contributed by atoms with E-state index in [4.69, 9.17) is 14.6 Å². The average molecular weight is 320 g/mol. The Labute approximate surface area is 139 Å². The van der Waals surface area contributed by atoms with Crippen molar-refractivity contribution in [2.45, 2.75) is 51.7 Å². The van der Waals surface area contributed by atoms with E-state index >= 15 is 0 Å². The first-order valence-electron chi connectivity index (χ1n) is 7.93. The lowest BCUT2D eigenvalue weighted by Crippen LogP contribution is -2.30. The molecule has 0 aliphatic heterocycles. The predicted molar refractivity (Wildman–Crippen MR) is 92.4 cm³/mol. The fourth-order valence-corrected chi connectivity index (χ4v) is 2.19. The van der Waals surface area contributed by atoms with Gasteiger partial charge in [-0.05, 0) is 50.8 Å². The van der Waals surface area contributed by atoms with Crippen LogP contribution in [0.4, 0.5) is 0 Å². The van der Waals surface area contributed by atoms with Gasteiger partial charge in [-0.25, -0.2) is 4.79 Å². The van der Waals surface area contributed by atoms with Crippen molar-refractivity contribution in [2.24, 2.45) is 0 Å². The van der Waals surface area contributed by atoms with Crippen molar-refractivity contribution in [3.63, 3.8) is 0 Å². The van der Waals surface area contributed by atoms with E-state index in [9.17, 15) is 4.79 Å². The lowest BCUT2D eigenvalue weighted by atomic mass is 9.96. The Morgan fingerprint density at radius 2 is 1.83 bits per heavy atom. The van der Waals surface area contributed by atoms with E-state index in [0.717, 1.165) is 30.0 Å². The number of rotatable bonds is 9. The molecule has 0 amide bonds. The van der Waals surface area contributed by atoms with Crippen LogP contribution in [0.25, 0.3) is 6.08 Å². The van der Waals surface area contributed by atoms with E-state index in [-0.39, 0.29) is 5.60 Å². The number of hydrogen-bond donors (Lipinski definition) is 1. The fourth-order valence-electron chi connectivity index (χ4n) is 2.19. The quantitative estimate of drug-likeness (QED) is 0.691. The minimum absolute atomic E-state index is 0.151. The molecule has 1 unspecified atom stereocenters. The Kier molecular flexibility index (Phi) is 6.98. The minimum Gasteiger partial charge on any atom is -0.478 e. The summed E-state index contributed by atoms with van der Waals surface area (Å²) in [5.74, 6) is -0.949. The molecule has 4 heteroatoms. The molecule has 0 aliphatic carbocycles. The summed E-state index contributed by atoms with van der Waals surface area (Å²) in [5, 5.41) is 8.65. The molecule has 1 aromatic rings. The van der Waals surface area contributed by atoms with Crippen LogP contribution in [0.2, 0.25) is 0 Å². The van der Waals surface area contributed by atoms with Crippen LogP contribution in [0.5, 0.6) is 0 Å². The molecule has 1 atom stereocenters. The number of ether oxygens (including phenoxy) is 2. The molecule has 0 fully saturated rings. The highest BCUT2D eigenvalue weighted by atomic mass is 16.5. The standard InChI is InChI=1S/C19H28O4/c1-6-19(4,22-5)13-14-23-18(2,3)16-10-7-15(8-11-16)9-12-17(20)21/h7-12H,6,13-14H2,1-5H3,(H,20,21)/b12-9+. The molecule has 0 radical (unpaired) electrons. The third-order valence-electron chi connectivity index (χ3n) is 4.36. The van der Waals surface area contributed by atoms with Crippen LogP contribution >= 0.6 is 0 Å². The third-order valence-corrected chi connectivity index (χ3v) is 4.36. The molecule has 1 N–H and O–H groups in total. The van der Waals surface area contributed by atoms with Gasteiger partial charge in [0.05, 0.1) is 17.8 Å². The minimum atomic E-state index is -0.949. The van der Waals surface area contributed by atoms with E-state index in [0.29, 0.717) is 6.61 Å². The second-order valence-corrected chi connectivity index (χ2v) is 6.41.